The zero-order valence-electron chi connectivity index (χ0n) is 9.29. The highest BCUT2D eigenvalue weighted by atomic mass is 16.5. The van der Waals surface area contributed by atoms with Crippen LogP contribution in [0.2, 0.25) is 0 Å². The Bertz CT molecular complexity index is 563. The van der Waals surface area contributed by atoms with Gasteiger partial charge in [-0.2, -0.15) is 0 Å². The molecule has 0 bridgehead atoms. The number of methoxy groups -OCH3 is 1. The molecule has 3 rings (SSSR count). The Morgan fingerprint density at radius 1 is 1.31 bits per heavy atom. The van der Waals surface area contributed by atoms with Crippen molar-refractivity contribution in [1.82, 2.24) is 4.98 Å². The van der Waals surface area contributed by atoms with Crippen LogP contribution in [0.5, 0.6) is 5.75 Å². The number of aromatic nitrogens is 1. The van der Waals surface area contributed by atoms with E-state index >= 15 is 0 Å². The number of anilines is 1. The third-order valence-electron chi connectivity index (χ3n) is 3.26. The highest BCUT2D eigenvalue weighted by molar-refractivity contribution is 5.93. The lowest BCUT2D eigenvalue weighted by Gasteiger charge is -2.09. The minimum Gasteiger partial charge on any atom is -0.497 e. The molecule has 16 heavy (non-hydrogen) atoms. The molecule has 1 aliphatic rings. The van der Waals surface area contributed by atoms with Crippen molar-refractivity contribution in [3.05, 3.63) is 29.5 Å². The number of aryl methyl sites for hydroxylation is 1. The van der Waals surface area contributed by atoms with Gasteiger partial charge in [0.05, 0.1) is 12.6 Å². The van der Waals surface area contributed by atoms with Crippen molar-refractivity contribution < 1.29 is 4.74 Å². The van der Waals surface area contributed by atoms with Crippen LogP contribution < -0.4 is 10.5 Å². The standard InChI is InChI=1S/C13H14N2O/c1-16-8-5-6-12-10(7-8)13(14)9-3-2-4-11(9)15-12/h5-7H,2-4H2,1H3,(H2,14,15). The van der Waals surface area contributed by atoms with E-state index in [-0.39, 0.29) is 0 Å². The van der Waals surface area contributed by atoms with Crippen LogP contribution in [-0.4, -0.2) is 12.1 Å². The molecule has 3 nitrogen and oxygen atoms in total. The van der Waals surface area contributed by atoms with E-state index in [2.05, 4.69) is 4.98 Å². The second-order valence-corrected chi connectivity index (χ2v) is 4.19. The van der Waals surface area contributed by atoms with E-state index in [1.165, 1.54) is 17.7 Å². The van der Waals surface area contributed by atoms with Crippen molar-refractivity contribution in [1.29, 1.82) is 0 Å². The highest BCUT2D eigenvalue weighted by Gasteiger charge is 2.17. The number of rotatable bonds is 1. The lowest BCUT2D eigenvalue weighted by Crippen LogP contribution is -1.98. The number of fused-ring (bicyclic) bond motifs is 2. The number of benzene rings is 1. The summed E-state index contributed by atoms with van der Waals surface area (Å²) < 4.78 is 5.21. The van der Waals surface area contributed by atoms with Gasteiger partial charge in [0.2, 0.25) is 0 Å². The molecule has 0 saturated heterocycles. The van der Waals surface area contributed by atoms with Gasteiger partial charge >= 0.3 is 0 Å². The van der Waals surface area contributed by atoms with Gasteiger partial charge in [0, 0.05) is 16.8 Å². The zero-order chi connectivity index (χ0) is 11.1. The topological polar surface area (TPSA) is 48.1 Å². The zero-order valence-corrected chi connectivity index (χ0v) is 9.29. The van der Waals surface area contributed by atoms with E-state index in [0.29, 0.717) is 0 Å². The smallest absolute Gasteiger partial charge is 0.119 e. The van der Waals surface area contributed by atoms with Gasteiger partial charge in [0.1, 0.15) is 5.75 Å². The minimum absolute atomic E-state index is 0.832. The number of ether oxygens (including phenoxy) is 1. The van der Waals surface area contributed by atoms with Crippen LogP contribution in [0.3, 0.4) is 0 Å². The van der Waals surface area contributed by atoms with Crippen LogP contribution in [0, 0.1) is 0 Å². The normalized spacial score (nSPS) is 14.1. The summed E-state index contributed by atoms with van der Waals surface area (Å²) in [5.74, 6) is 0.832. The van der Waals surface area contributed by atoms with E-state index in [1.54, 1.807) is 7.11 Å². The van der Waals surface area contributed by atoms with E-state index in [4.69, 9.17) is 10.5 Å². The van der Waals surface area contributed by atoms with Crippen molar-refractivity contribution >= 4 is 16.6 Å². The summed E-state index contributed by atoms with van der Waals surface area (Å²) in [4.78, 5) is 4.66. The molecular formula is C13H14N2O. The van der Waals surface area contributed by atoms with E-state index in [9.17, 15) is 0 Å². The molecule has 0 saturated carbocycles. The van der Waals surface area contributed by atoms with Crippen molar-refractivity contribution in [2.75, 3.05) is 12.8 Å². The fourth-order valence-corrected chi connectivity index (χ4v) is 2.40. The van der Waals surface area contributed by atoms with Crippen LogP contribution in [0.1, 0.15) is 17.7 Å². The summed E-state index contributed by atoms with van der Waals surface area (Å²) in [6.07, 6.45) is 3.28. The molecule has 0 unspecified atom stereocenters. The molecule has 0 radical (unpaired) electrons. The van der Waals surface area contributed by atoms with Gasteiger partial charge < -0.3 is 10.5 Å². The molecule has 0 aliphatic heterocycles. The molecule has 1 aromatic heterocycles. The molecule has 0 spiro atoms. The first-order valence-electron chi connectivity index (χ1n) is 5.54. The predicted molar refractivity (Wildman–Crippen MR) is 64.7 cm³/mol. The number of pyridine rings is 1. The van der Waals surface area contributed by atoms with E-state index < -0.39 is 0 Å². The van der Waals surface area contributed by atoms with Gasteiger partial charge in [-0.3, -0.25) is 4.98 Å². The Morgan fingerprint density at radius 2 is 2.19 bits per heavy atom. The van der Waals surface area contributed by atoms with Crippen molar-refractivity contribution in [2.24, 2.45) is 0 Å². The van der Waals surface area contributed by atoms with Gasteiger partial charge in [-0.05, 0) is 43.0 Å². The summed E-state index contributed by atoms with van der Waals surface area (Å²) in [5.41, 5.74) is 10.5. The summed E-state index contributed by atoms with van der Waals surface area (Å²) in [5, 5.41) is 1.01. The Kier molecular flexibility index (Phi) is 1.99. The Morgan fingerprint density at radius 3 is 3.00 bits per heavy atom. The molecule has 3 heteroatoms. The maximum Gasteiger partial charge on any atom is 0.119 e. The van der Waals surface area contributed by atoms with Gasteiger partial charge in [0.25, 0.3) is 0 Å². The van der Waals surface area contributed by atoms with Crippen molar-refractivity contribution in [3.8, 4) is 5.75 Å². The van der Waals surface area contributed by atoms with Gasteiger partial charge in [0.15, 0.2) is 0 Å². The molecule has 1 aliphatic carbocycles. The van der Waals surface area contributed by atoms with Crippen LogP contribution in [0.15, 0.2) is 18.2 Å². The minimum atomic E-state index is 0.832. The van der Waals surface area contributed by atoms with Crippen LogP contribution in [0.4, 0.5) is 5.69 Å². The molecule has 82 valence electrons. The number of nitrogen functional groups attached to an aromatic ring is 1. The molecular weight excluding hydrogens is 200 g/mol. The Balaban J connectivity index is 2.33. The molecule has 0 amide bonds. The van der Waals surface area contributed by atoms with Crippen LogP contribution in [-0.2, 0) is 12.8 Å². The molecule has 1 heterocycles. The van der Waals surface area contributed by atoms with E-state index in [1.807, 2.05) is 18.2 Å². The first-order valence-corrected chi connectivity index (χ1v) is 5.54. The van der Waals surface area contributed by atoms with E-state index in [0.717, 1.165) is 35.2 Å². The fourth-order valence-electron chi connectivity index (χ4n) is 2.40. The maximum absolute atomic E-state index is 6.20. The second-order valence-electron chi connectivity index (χ2n) is 4.19. The number of nitrogens with two attached hydrogens (primary N) is 1. The highest BCUT2D eigenvalue weighted by Crippen LogP contribution is 2.33. The van der Waals surface area contributed by atoms with Crippen molar-refractivity contribution in [3.63, 3.8) is 0 Å². The van der Waals surface area contributed by atoms with Gasteiger partial charge in [-0.1, -0.05) is 0 Å². The first-order chi connectivity index (χ1) is 7.79. The third-order valence-corrected chi connectivity index (χ3v) is 3.26. The quantitative estimate of drug-likeness (QED) is 0.792. The molecule has 2 N–H and O–H groups in total. The number of nitrogens with zero attached hydrogens (tertiary/aromatic N) is 1. The summed E-state index contributed by atoms with van der Waals surface area (Å²) in [6.45, 7) is 0. The fraction of sp³-hybridized carbons (Fsp3) is 0.308. The summed E-state index contributed by atoms with van der Waals surface area (Å²) in [6, 6.07) is 5.87. The number of hydrogen-bond acceptors (Lipinski definition) is 3. The Labute approximate surface area is 94.2 Å². The van der Waals surface area contributed by atoms with Gasteiger partial charge in [-0.25, -0.2) is 0 Å². The Hall–Kier alpha value is -1.77. The average Bonchev–Trinajstić information content (AvgIpc) is 2.77. The van der Waals surface area contributed by atoms with Crippen LogP contribution in [0.25, 0.3) is 10.9 Å². The lowest BCUT2D eigenvalue weighted by molar-refractivity contribution is 0.415. The maximum atomic E-state index is 6.20. The summed E-state index contributed by atoms with van der Waals surface area (Å²) in [7, 11) is 1.66. The lowest BCUT2D eigenvalue weighted by atomic mass is 10.1. The molecule has 0 atom stereocenters. The van der Waals surface area contributed by atoms with Gasteiger partial charge in [-0.15, -0.1) is 0 Å². The molecule has 2 aromatic rings. The monoisotopic (exact) mass is 214 g/mol. The predicted octanol–water partition coefficient (Wildman–Crippen LogP) is 2.31. The average molecular weight is 214 g/mol. The number of hydrogen-bond donors (Lipinski definition) is 1. The van der Waals surface area contributed by atoms with Crippen molar-refractivity contribution in [2.45, 2.75) is 19.3 Å². The molecule has 1 aromatic carbocycles. The largest absolute Gasteiger partial charge is 0.497 e. The SMILES string of the molecule is COc1ccc2nc3c(c(N)c2c1)CCC3. The molecule has 0 fully saturated rings. The first kappa shape index (κ1) is 9.46. The van der Waals surface area contributed by atoms with Crippen LogP contribution >= 0.6 is 0 Å². The second kappa shape index (κ2) is 3.37. The summed E-state index contributed by atoms with van der Waals surface area (Å²) >= 11 is 0. The third kappa shape index (κ3) is 1.24.